The highest BCUT2D eigenvalue weighted by atomic mass is 32.2. The summed E-state index contributed by atoms with van der Waals surface area (Å²) in [6.45, 7) is 2.27. The Kier molecular flexibility index (Phi) is 11.0. The number of unbranched alkanes of at least 4 members (excludes halogenated alkanes) is 9. The Hall–Kier alpha value is -1.54. The molecule has 0 aliphatic carbocycles. The molecule has 0 unspecified atom stereocenters. The molecule has 2 heteroatoms. The molecule has 0 radical (unpaired) electrons. The maximum atomic E-state index is 12.8. The summed E-state index contributed by atoms with van der Waals surface area (Å²) < 4.78 is 0. The Labute approximate surface area is 170 Å². The highest BCUT2D eigenvalue weighted by molar-refractivity contribution is 7.99. The van der Waals surface area contributed by atoms with E-state index < -0.39 is 0 Å². The van der Waals surface area contributed by atoms with E-state index in [9.17, 15) is 4.79 Å². The van der Waals surface area contributed by atoms with Crippen LogP contribution in [0.2, 0.25) is 0 Å². The van der Waals surface area contributed by atoms with Crippen molar-refractivity contribution in [2.75, 3.05) is 5.75 Å². The highest BCUT2D eigenvalue weighted by Crippen LogP contribution is 2.26. The van der Waals surface area contributed by atoms with Crippen LogP contribution in [0.15, 0.2) is 59.5 Å². The third-order valence-corrected chi connectivity index (χ3v) is 6.08. The van der Waals surface area contributed by atoms with Crippen LogP contribution in [0, 0.1) is 0 Å². The predicted octanol–water partition coefficient (Wildman–Crippen LogP) is 7.93. The number of carbonyl (C=O) groups excluding carboxylic acids is 1. The molecule has 0 atom stereocenters. The lowest BCUT2D eigenvalue weighted by Crippen LogP contribution is -2.02. The zero-order valence-electron chi connectivity index (χ0n) is 16.8. The Morgan fingerprint density at radius 2 is 1.26 bits per heavy atom. The van der Waals surface area contributed by atoms with E-state index >= 15 is 0 Å². The molecule has 0 saturated heterocycles. The molecule has 146 valence electrons. The lowest BCUT2D eigenvalue weighted by molar-refractivity contribution is 0.103. The van der Waals surface area contributed by atoms with Crippen molar-refractivity contribution in [3.8, 4) is 0 Å². The molecule has 27 heavy (non-hydrogen) atoms. The zero-order valence-corrected chi connectivity index (χ0v) is 17.6. The van der Waals surface area contributed by atoms with E-state index in [4.69, 9.17) is 0 Å². The van der Waals surface area contributed by atoms with Crippen LogP contribution in [-0.2, 0) is 0 Å². The first-order valence-corrected chi connectivity index (χ1v) is 11.6. The second-order valence-corrected chi connectivity index (χ2v) is 8.36. The van der Waals surface area contributed by atoms with Gasteiger partial charge in [0.1, 0.15) is 0 Å². The second kappa shape index (κ2) is 13.6. The van der Waals surface area contributed by atoms with Crippen molar-refractivity contribution in [3.63, 3.8) is 0 Å². The number of rotatable bonds is 14. The summed E-state index contributed by atoms with van der Waals surface area (Å²) in [5.74, 6) is 1.22. The normalized spacial score (nSPS) is 10.9. The first kappa shape index (κ1) is 21.8. The van der Waals surface area contributed by atoms with Gasteiger partial charge in [-0.05, 0) is 24.3 Å². The molecule has 1 nitrogen and oxygen atoms in total. The zero-order chi connectivity index (χ0) is 19.2. The molecule has 0 fully saturated rings. The number of hydrogen-bond donors (Lipinski definition) is 0. The molecule has 0 amide bonds. The standard InChI is InChI=1S/C25H34OS/c1-2-3-4-5-6-7-8-9-10-16-21-27-24-20-15-14-19-23(24)25(26)22-17-12-11-13-18-22/h11-15,17-20H,2-10,16,21H2,1H3. The maximum absolute atomic E-state index is 12.8. The Bertz CT molecular complexity index is 650. The topological polar surface area (TPSA) is 17.1 Å². The van der Waals surface area contributed by atoms with Gasteiger partial charge < -0.3 is 0 Å². The average Bonchev–Trinajstić information content (AvgIpc) is 2.72. The lowest BCUT2D eigenvalue weighted by Gasteiger charge is -2.08. The van der Waals surface area contributed by atoms with Gasteiger partial charge in [-0.15, -0.1) is 11.8 Å². The quantitative estimate of drug-likeness (QED) is 0.187. The molecule has 0 aromatic heterocycles. The number of thioether (sulfide) groups is 1. The molecule has 2 aromatic carbocycles. The van der Waals surface area contributed by atoms with Crippen LogP contribution in [0.1, 0.15) is 87.1 Å². The molecule has 0 bridgehead atoms. The Morgan fingerprint density at radius 3 is 1.93 bits per heavy atom. The van der Waals surface area contributed by atoms with Gasteiger partial charge in [0.25, 0.3) is 0 Å². The van der Waals surface area contributed by atoms with Crippen LogP contribution in [0.4, 0.5) is 0 Å². The van der Waals surface area contributed by atoms with Crippen LogP contribution < -0.4 is 0 Å². The van der Waals surface area contributed by atoms with Crippen molar-refractivity contribution in [2.45, 2.75) is 76.0 Å². The van der Waals surface area contributed by atoms with Gasteiger partial charge in [0.05, 0.1) is 0 Å². The van der Waals surface area contributed by atoms with Gasteiger partial charge in [-0.1, -0.05) is 107 Å². The molecule has 2 rings (SSSR count). The van der Waals surface area contributed by atoms with Crippen LogP contribution in [0.3, 0.4) is 0 Å². The third kappa shape index (κ3) is 8.34. The molecule has 0 aliphatic rings. The van der Waals surface area contributed by atoms with Gasteiger partial charge >= 0.3 is 0 Å². The lowest BCUT2D eigenvalue weighted by atomic mass is 10.0. The maximum Gasteiger partial charge on any atom is 0.194 e. The fourth-order valence-corrected chi connectivity index (χ4v) is 4.36. The van der Waals surface area contributed by atoms with E-state index in [1.807, 2.05) is 60.3 Å². The third-order valence-electron chi connectivity index (χ3n) is 4.92. The second-order valence-electron chi connectivity index (χ2n) is 7.22. The van der Waals surface area contributed by atoms with E-state index in [1.54, 1.807) is 0 Å². The van der Waals surface area contributed by atoms with Crippen molar-refractivity contribution in [2.24, 2.45) is 0 Å². The van der Waals surface area contributed by atoms with E-state index in [-0.39, 0.29) is 5.78 Å². The van der Waals surface area contributed by atoms with E-state index in [2.05, 4.69) is 13.0 Å². The SMILES string of the molecule is CCCCCCCCCCCCSc1ccccc1C(=O)c1ccccc1. The Balaban J connectivity index is 1.66. The molecular weight excluding hydrogens is 348 g/mol. The summed E-state index contributed by atoms with van der Waals surface area (Å²) in [5.41, 5.74) is 1.60. The van der Waals surface area contributed by atoms with Gasteiger partial charge in [0.2, 0.25) is 0 Å². The predicted molar refractivity (Wildman–Crippen MR) is 119 cm³/mol. The summed E-state index contributed by atoms with van der Waals surface area (Å²) in [7, 11) is 0. The van der Waals surface area contributed by atoms with Crippen LogP contribution in [0.25, 0.3) is 0 Å². The van der Waals surface area contributed by atoms with Crippen molar-refractivity contribution in [1.29, 1.82) is 0 Å². The van der Waals surface area contributed by atoms with Gasteiger partial charge in [0.15, 0.2) is 5.78 Å². The fourth-order valence-electron chi connectivity index (χ4n) is 3.30. The summed E-state index contributed by atoms with van der Waals surface area (Å²) in [4.78, 5) is 13.9. The first-order chi connectivity index (χ1) is 13.3. The van der Waals surface area contributed by atoms with Crippen molar-refractivity contribution in [1.82, 2.24) is 0 Å². The van der Waals surface area contributed by atoms with E-state index in [0.717, 1.165) is 21.8 Å². The number of carbonyl (C=O) groups is 1. The molecule has 0 aliphatic heterocycles. The minimum atomic E-state index is 0.127. The van der Waals surface area contributed by atoms with E-state index in [0.29, 0.717) is 0 Å². The summed E-state index contributed by atoms with van der Waals surface area (Å²) in [6, 6.07) is 17.6. The van der Waals surface area contributed by atoms with Crippen molar-refractivity contribution in [3.05, 3.63) is 65.7 Å². The molecular formula is C25H34OS. The number of hydrogen-bond acceptors (Lipinski definition) is 2. The summed E-state index contributed by atoms with van der Waals surface area (Å²) in [6.07, 6.45) is 13.6. The van der Waals surface area contributed by atoms with Crippen molar-refractivity contribution < 1.29 is 4.79 Å². The van der Waals surface area contributed by atoms with Gasteiger partial charge in [0, 0.05) is 16.0 Å². The molecule has 0 saturated carbocycles. The van der Waals surface area contributed by atoms with Crippen LogP contribution in [0.5, 0.6) is 0 Å². The van der Waals surface area contributed by atoms with E-state index in [1.165, 1.54) is 64.2 Å². The largest absolute Gasteiger partial charge is 0.289 e. The van der Waals surface area contributed by atoms with Crippen molar-refractivity contribution >= 4 is 17.5 Å². The highest BCUT2D eigenvalue weighted by Gasteiger charge is 2.12. The minimum absolute atomic E-state index is 0.127. The fraction of sp³-hybridized carbons (Fsp3) is 0.480. The first-order valence-electron chi connectivity index (χ1n) is 10.6. The number of ketones is 1. The molecule has 0 spiro atoms. The van der Waals surface area contributed by atoms with Crippen LogP contribution in [-0.4, -0.2) is 11.5 Å². The monoisotopic (exact) mass is 382 g/mol. The summed E-state index contributed by atoms with van der Waals surface area (Å²) >= 11 is 1.83. The summed E-state index contributed by atoms with van der Waals surface area (Å²) in [5, 5.41) is 0. The van der Waals surface area contributed by atoms with Gasteiger partial charge in [-0.25, -0.2) is 0 Å². The average molecular weight is 383 g/mol. The van der Waals surface area contributed by atoms with Crippen LogP contribution >= 0.6 is 11.8 Å². The smallest absolute Gasteiger partial charge is 0.194 e. The molecule has 0 N–H and O–H groups in total. The van der Waals surface area contributed by atoms with Gasteiger partial charge in [-0.3, -0.25) is 4.79 Å². The van der Waals surface area contributed by atoms with Gasteiger partial charge in [-0.2, -0.15) is 0 Å². The number of benzene rings is 2. The molecule has 2 aromatic rings. The molecule has 0 heterocycles. The minimum Gasteiger partial charge on any atom is -0.289 e. The Morgan fingerprint density at radius 1 is 0.704 bits per heavy atom.